The summed E-state index contributed by atoms with van der Waals surface area (Å²) in [6.45, 7) is 2.20. The van der Waals surface area contributed by atoms with Crippen LogP contribution >= 0.6 is 0 Å². The van der Waals surface area contributed by atoms with E-state index in [1.165, 1.54) is 6.42 Å². The second kappa shape index (κ2) is 4.80. The Morgan fingerprint density at radius 2 is 1.83 bits per heavy atom. The van der Waals surface area contributed by atoms with Crippen LogP contribution in [0.25, 0.3) is 0 Å². The number of hydrogen-bond donors (Lipinski definition) is 0. The van der Waals surface area contributed by atoms with Crippen LogP contribution in [0.5, 0.6) is 0 Å². The predicted octanol–water partition coefficient (Wildman–Crippen LogP) is 2.94. The SMILES string of the molecule is COC1CC[C@@H](C)CCC(F)C1. The van der Waals surface area contributed by atoms with Crippen molar-refractivity contribution in [2.24, 2.45) is 5.92 Å². The van der Waals surface area contributed by atoms with Crippen LogP contribution in [-0.2, 0) is 4.74 Å². The first-order valence-electron chi connectivity index (χ1n) is 4.89. The van der Waals surface area contributed by atoms with Crippen molar-refractivity contribution in [2.45, 2.75) is 51.3 Å². The normalized spacial score (nSPS) is 38.8. The molecule has 0 amide bonds. The first kappa shape index (κ1) is 9.97. The second-order valence-electron chi connectivity index (χ2n) is 3.95. The highest BCUT2D eigenvalue weighted by Crippen LogP contribution is 2.25. The van der Waals surface area contributed by atoms with Gasteiger partial charge < -0.3 is 4.74 Å². The monoisotopic (exact) mass is 174 g/mol. The van der Waals surface area contributed by atoms with E-state index in [1.807, 2.05) is 0 Å². The van der Waals surface area contributed by atoms with E-state index in [9.17, 15) is 4.39 Å². The lowest BCUT2D eigenvalue weighted by molar-refractivity contribution is 0.0492. The first-order chi connectivity index (χ1) is 5.72. The highest BCUT2D eigenvalue weighted by Gasteiger charge is 2.20. The molecule has 0 aromatic heterocycles. The largest absolute Gasteiger partial charge is 0.381 e. The Morgan fingerprint density at radius 3 is 2.50 bits per heavy atom. The maximum absolute atomic E-state index is 13.2. The van der Waals surface area contributed by atoms with Gasteiger partial charge in [-0.3, -0.25) is 0 Å². The topological polar surface area (TPSA) is 9.23 Å². The lowest BCUT2D eigenvalue weighted by Gasteiger charge is -2.23. The van der Waals surface area contributed by atoms with Crippen molar-refractivity contribution in [2.75, 3.05) is 7.11 Å². The molecule has 0 radical (unpaired) electrons. The third-order valence-electron chi connectivity index (χ3n) is 2.81. The van der Waals surface area contributed by atoms with Crippen molar-refractivity contribution in [1.82, 2.24) is 0 Å². The molecule has 3 atom stereocenters. The highest BCUT2D eigenvalue weighted by atomic mass is 19.1. The third-order valence-corrected chi connectivity index (χ3v) is 2.81. The van der Waals surface area contributed by atoms with E-state index in [-0.39, 0.29) is 6.10 Å². The van der Waals surface area contributed by atoms with Gasteiger partial charge >= 0.3 is 0 Å². The van der Waals surface area contributed by atoms with Crippen LogP contribution in [0.1, 0.15) is 39.0 Å². The molecular weight excluding hydrogens is 155 g/mol. The average Bonchev–Trinajstić information content (AvgIpc) is 2.06. The molecule has 1 saturated carbocycles. The number of ether oxygens (including phenoxy) is 1. The molecule has 12 heavy (non-hydrogen) atoms. The van der Waals surface area contributed by atoms with Crippen molar-refractivity contribution in [3.8, 4) is 0 Å². The smallest absolute Gasteiger partial charge is 0.103 e. The van der Waals surface area contributed by atoms with Gasteiger partial charge in [0, 0.05) is 13.5 Å². The Hall–Kier alpha value is -0.110. The van der Waals surface area contributed by atoms with Gasteiger partial charge in [-0.1, -0.05) is 6.92 Å². The fourth-order valence-electron chi connectivity index (χ4n) is 1.82. The Kier molecular flexibility index (Phi) is 3.99. The summed E-state index contributed by atoms with van der Waals surface area (Å²) in [5, 5.41) is 0. The summed E-state index contributed by atoms with van der Waals surface area (Å²) in [7, 11) is 1.68. The van der Waals surface area contributed by atoms with Gasteiger partial charge in [-0.05, 0) is 31.6 Å². The Labute approximate surface area is 74.3 Å². The van der Waals surface area contributed by atoms with E-state index in [2.05, 4.69) is 6.92 Å². The lowest BCUT2D eigenvalue weighted by Crippen LogP contribution is -2.21. The molecule has 0 spiro atoms. The van der Waals surface area contributed by atoms with E-state index in [0.29, 0.717) is 12.3 Å². The molecule has 1 aliphatic rings. The van der Waals surface area contributed by atoms with Gasteiger partial charge in [-0.2, -0.15) is 0 Å². The van der Waals surface area contributed by atoms with Crippen LogP contribution in [0.15, 0.2) is 0 Å². The zero-order chi connectivity index (χ0) is 8.97. The van der Waals surface area contributed by atoms with Gasteiger partial charge in [0.25, 0.3) is 0 Å². The summed E-state index contributed by atoms with van der Waals surface area (Å²) in [6.07, 6.45) is 4.09. The van der Waals surface area contributed by atoms with Crippen LogP contribution < -0.4 is 0 Å². The molecule has 0 aromatic rings. The van der Waals surface area contributed by atoms with Gasteiger partial charge in [0.1, 0.15) is 6.17 Å². The predicted molar refractivity (Wildman–Crippen MR) is 47.9 cm³/mol. The maximum Gasteiger partial charge on any atom is 0.103 e. The maximum atomic E-state index is 13.2. The fraction of sp³-hybridized carbons (Fsp3) is 1.00. The summed E-state index contributed by atoms with van der Waals surface area (Å²) in [4.78, 5) is 0. The molecule has 1 rings (SSSR count). The molecule has 1 nitrogen and oxygen atoms in total. The molecule has 0 heterocycles. The van der Waals surface area contributed by atoms with Gasteiger partial charge in [0.2, 0.25) is 0 Å². The zero-order valence-corrected chi connectivity index (χ0v) is 8.05. The molecular formula is C10H19FO. The quantitative estimate of drug-likeness (QED) is 0.594. The molecule has 2 heteroatoms. The van der Waals surface area contributed by atoms with Crippen molar-refractivity contribution >= 4 is 0 Å². The molecule has 1 fully saturated rings. The summed E-state index contributed by atoms with van der Waals surface area (Å²) >= 11 is 0. The molecule has 72 valence electrons. The van der Waals surface area contributed by atoms with Crippen molar-refractivity contribution in [3.05, 3.63) is 0 Å². The summed E-state index contributed by atoms with van der Waals surface area (Å²) in [5.74, 6) is 0.668. The van der Waals surface area contributed by atoms with Crippen LogP contribution in [0, 0.1) is 5.92 Å². The molecule has 0 saturated heterocycles. The standard InChI is InChI=1S/C10H19FO/c1-8-3-5-9(11)7-10(12-2)6-4-8/h8-10H,3-7H2,1-2H3/t8-,9?,10?/m0/s1. The zero-order valence-electron chi connectivity index (χ0n) is 8.05. The Bertz CT molecular complexity index is 127. The number of halogens is 1. The molecule has 0 aliphatic heterocycles. The lowest BCUT2D eigenvalue weighted by atomic mass is 9.90. The highest BCUT2D eigenvalue weighted by molar-refractivity contribution is 4.71. The second-order valence-corrected chi connectivity index (χ2v) is 3.95. The van der Waals surface area contributed by atoms with Crippen molar-refractivity contribution in [1.29, 1.82) is 0 Å². The van der Waals surface area contributed by atoms with Gasteiger partial charge in [-0.15, -0.1) is 0 Å². The van der Waals surface area contributed by atoms with Gasteiger partial charge in [0.15, 0.2) is 0 Å². The number of methoxy groups -OCH3 is 1. The van der Waals surface area contributed by atoms with E-state index < -0.39 is 6.17 Å². The molecule has 1 aliphatic carbocycles. The van der Waals surface area contributed by atoms with E-state index in [1.54, 1.807) is 7.11 Å². The van der Waals surface area contributed by atoms with Gasteiger partial charge in [0.05, 0.1) is 6.10 Å². The van der Waals surface area contributed by atoms with Crippen molar-refractivity contribution < 1.29 is 9.13 Å². The molecule has 2 unspecified atom stereocenters. The Balaban J connectivity index is 2.37. The van der Waals surface area contributed by atoms with E-state index in [0.717, 1.165) is 19.3 Å². The third kappa shape index (κ3) is 3.10. The number of hydrogen-bond acceptors (Lipinski definition) is 1. The molecule has 0 aromatic carbocycles. The van der Waals surface area contributed by atoms with Crippen LogP contribution in [0.3, 0.4) is 0 Å². The minimum atomic E-state index is -0.641. The average molecular weight is 174 g/mol. The molecule has 0 N–H and O–H groups in total. The fourth-order valence-corrected chi connectivity index (χ4v) is 1.82. The minimum absolute atomic E-state index is 0.155. The molecule has 0 bridgehead atoms. The van der Waals surface area contributed by atoms with Crippen LogP contribution in [-0.4, -0.2) is 19.4 Å². The van der Waals surface area contributed by atoms with E-state index in [4.69, 9.17) is 4.74 Å². The Morgan fingerprint density at radius 1 is 1.17 bits per heavy atom. The minimum Gasteiger partial charge on any atom is -0.381 e. The van der Waals surface area contributed by atoms with Crippen LogP contribution in [0.2, 0.25) is 0 Å². The van der Waals surface area contributed by atoms with Crippen LogP contribution in [0.4, 0.5) is 4.39 Å². The number of rotatable bonds is 1. The van der Waals surface area contributed by atoms with Crippen molar-refractivity contribution in [3.63, 3.8) is 0 Å². The van der Waals surface area contributed by atoms with E-state index >= 15 is 0 Å². The summed E-state index contributed by atoms with van der Waals surface area (Å²) < 4.78 is 18.4. The number of alkyl halides is 1. The summed E-state index contributed by atoms with van der Waals surface area (Å²) in [5.41, 5.74) is 0. The van der Waals surface area contributed by atoms with Gasteiger partial charge in [-0.25, -0.2) is 4.39 Å². The summed E-state index contributed by atoms with van der Waals surface area (Å²) in [6, 6.07) is 0. The first-order valence-corrected chi connectivity index (χ1v) is 4.89.